The topological polar surface area (TPSA) is 34.1 Å². The lowest BCUT2D eigenvalue weighted by molar-refractivity contribution is 0.607. The molecule has 0 rings (SSSR count). The Morgan fingerprint density at radius 1 is 1.07 bits per heavy atom. The van der Waals surface area contributed by atoms with Crippen molar-refractivity contribution in [2.75, 3.05) is 5.75 Å². The van der Waals surface area contributed by atoms with E-state index in [-0.39, 0.29) is 5.75 Å². The molecule has 2 nitrogen and oxygen atoms in total. The van der Waals surface area contributed by atoms with Crippen LogP contribution in [0.5, 0.6) is 0 Å². The average Bonchev–Trinajstić information content (AvgIpc) is 2.11. The molecule has 0 amide bonds. The van der Waals surface area contributed by atoms with Crippen molar-refractivity contribution >= 4 is 31.4 Å². The van der Waals surface area contributed by atoms with Crippen LogP contribution in [0.1, 0.15) is 13.8 Å². The number of hydrogen-bond acceptors (Lipinski definition) is 4. The van der Waals surface area contributed by atoms with Gasteiger partial charge in [0.25, 0.3) is 0 Å². The van der Waals surface area contributed by atoms with E-state index in [9.17, 15) is 8.42 Å². The summed E-state index contributed by atoms with van der Waals surface area (Å²) in [6.45, 7) is 3.63. The Morgan fingerprint density at radius 3 is 2.29 bits per heavy atom. The zero-order valence-corrected chi connectivity index (χ0v) is 10.7. The molecule has 5 heteroatoms. The third-order valence-electron chi connectivity index (χ3n) is 1.07. The van der Waals surface area contributed by atoms with Crippen LogP contribution < -0.4 is 0 Å². The first-order chi connectivity index (χ1) is 6.62. The SMILES string of the molecule is C/C=C/SS/C=C/CS(=O)(=O)/C=C/C. The summed E-state index contributed by atoms with van der Waals surface area (Å²) >= 11 is 0. The van der Waals surface area contributed by atoms with Gasteiger partial charge in [-0.05, 0) is 24.7 Å². The average molecular weight is 250 g/mol. The fraction of sp³-hybridized carbons (Fsp3) is 0.333. The molecule has 0 atom stereocenters. The van der Waals surface area contributed by atoms with Crippen LogP contribution in [0, 0.1) is 0 Å². The summed E-state index contributed by atoms with van der Waals surface area (Å²) < 4.78 is 22.3. The highest BCUT2D eigenvalue weighted by atomic mass is 33.1. The summed E-state index contributed by atoms with van der Waals surface area (Å²) in [6, 6.07) is 0. The first kappa shape index (κ1) is 13.9. The fourth-order valence-electron chi connectivity index (χ4n) is 0.595. The number of hydrogen-bond donors (Lipinski definition) is 0. The minimum atomic E-state index is -3.03. The third kappa shape index (κ3) is 8.47. The van der Waals surface area contributed by atoms with Crippen molar-refractivity contribution in [3.63, 3.8) is 0 Å². The molecule has 0 bridgehead atoms. The Morgan fingerprint density at radius 2 is 1.71 bits per heavy atom. The van der Waals surface area contributed by atoms with E-state index in [1.165, 1.54) is 22.3 Å². The van der Waals surface area contributed by atoms with Crippen LogP contribution in [0.3, 0.4) is 0 Å². The van der Waals surface area contributed by atoms with Gasteiger partial charge in [-0.2, -0.15) is 0 Å². The second kappa shape index (κ2) is 8.20. The van der Waals surface area contributed by atoms with Gasteiger partial charge in [-0.1, -0.05) is 39.8 Å². The van der Waals surface area contributed by atoms with Gasteiger partial charge < -0.3 is 0 Å². The van der Waals surface area contributed by atoms with E-state index >= 15 is 0 Å². The quantitative estimate of drug-likeness (QED) is 0.535. The summed E-state index contributed by atoms with van der Waals surface area (Å²) in [6.07, 6.45) is 5.11. The van der Waals surface area contributed by atoms with Crippen LogP contribution in [0.2, 0.25) is 0 Å². The molecule has 0 saturated heterocycles. The summed E-state index contributed by atoms with van der Waals surface area (Å²) in [5, 5.41) is 4.95. The molecular weight excluding hydrogens is 236 g/mol. The Balaban J connectivity index is 3.82. The Bertz CT molecular complexity index is 313. The molecule has 0 spiro atoms. The second-order valence-corrected chi connectivity index (χ2v) is 6.35. The maximum atomic E-state index is 11.2. The molecule has 0 aliphatic heterocycles. The van der Waals surface area contributed by atoms with Crippen molar-refractivity contribution in [1.82, 2.24) is 0 Å². The molecule has 0 heterocycles. The van der Waals surface area contributed by atoms with E-state index in [4.69, 9.17) is 0 Å². The highest BCUT2D eigenvalue weighted by Gasteiger charge is 2.00. The molecule has 0 aromatic rings. The molecular formula is C9H14O2S3. The summed E-state index contributed by atoms with van der Waals surface area (Å²) in [7, 11) is 0.0187. The van der Waals surface area contributed by atoms with Crippen LogP contribution >= 0.6 is 21.6 Å². The summed E-state index contributed by atoms with van der Waals surface area (Å²) in [4.78, 5) is 0. The van der Waals surface area contributed by atoms with Crippen molar-refractivity contribution in [1.29, 1.82) is 0 Å². The zero-order chi connectivity index (χ0) is 10.9. The molecule has 0 unspecified atom stereocenters. The van der Waals surface area contributed by atoms with E-state index in [1.807, 2.05) is 18.4 Å². The molecule has 0 aliphatic carbocycles. The maximum Gasteiger partial charge on any atom is 0.174 e. The molecule has 0 aromatic carbocycles. The van der Waals surface area contributed by atoms with Gasteiger partial charge >= 0.3 is 0 Å². The number of allylic oxidation sites excluding steroid dienone is 2. The van der Waals surface area contributed by atoms with Gasteiger partial charge in [0, 0.05) is 5.41 Å². The zero-order valence-electron chi connectivity index (χ0n) is 8.21. The Hall–Kier alpha value is -0.130. The monoisotopic (exact) mass is 250 g/mol. The molecule has 0 saturated carbocycles. The van der Waals surface area contributed by atoms with Crippen LogP contribution in [0.25, 0.3) is 0 Å². The molecule has 0 fully saturated rings. The predicted octanol–water partition coefficient (Wildman–Crippen LogP) is 3.36. The van der Waals surface area contributed by atoms with E-state index in [2.05, 4.69) is 0 Å². The van der Waals surface area contributed by atoms with Crippen LogP contribution in [0.15, 0.2) is 34.5 Å². The molecule has 0 N–H and O–H groups in total. The lowest BCUT2D eigenvalue weighted by atomic mass is 10.8. The molecule has 14 heavy (non-hydrogen) atoms. The minimum Gasteiger partial charge on any atom is -0.224 e. The molecule has 80 valence electrons. The van der Waals surface area contributed by atoms with E-state index in [1.54, 1.807) is 29.2 Å². The summed E-state index contributed by atoms with van der Waals surface area (Å²) in [5.41, 5.74) is 0. The highest BCUT2D eigenvalue weighted by Crippen LogP contribution is 2.23. The van der Waals surface area contributed by atoms with Crippen molar-refractivity contribution in [3.05, 3.63) is 34.5 Å². The van der Waals surface area contributed by atoms with Gasteiger partial charge in [0.1, 0.15) is 0 Å². The van der Waals surface area contributed by atoms with Crippen LogP contribution in [-0.4, -0.2) is 14.2 Å². The molecule has 0 radical (unpaired) electrons. The summed E-state index contributed by atoms with van der Waals surface area (Å²) in [5.74, 6) is 0.0702. The van der Waals surface area contributed by atoms with Gasteiger partial charge in [0.2, 0.25) is 0 Å². The Kier molecular flexibility index (Phi) is 8.12. The highest BCUT2D eigenvalue weighted by molar-refractivity contribution is 8.78. The van der Waals surface area contributed by atoms with Crippen LogP contribution in [0.4, 0.5) is 0 Å². The van der Waals surface area contributed by atoms with E-state index < -0.39 is 9.84 Å². The van der Waals surface area contributed by atoms with Crippen molar-refractivity contribution in [2.24, 2.45) is 0 Å². The number of sulfone groups is 1. The first-order valence-electron chi connectivity index (χ1n) is 4.06. The lowest BCUT2D eigenvalue weighted by Gasteiger charge is -1.90. The van der Waals surface area contributed by atoms with Crippen molar-refractivity contribution < 1.29 is 8.42 Å². The third-order valence-corrected chi connectivity index (χ3v) is 4.21. The van der Waals surface area contributed by atoms with Crippen molar-refractivity contribution in [2.45, 2.75) is 13.8 Å². The van der Waals surface area contributed by atoms with Gasteiger partial charge in [-0.25, -0.2) is 8.42 Å². The normalized spacial score (nSPS) is 13.6. The van der Waals surface area contributed by atoms with E-state index in [0.717, 1.165) is 0 Å². The van der Waals surface area contributed by atoms with Crippen LogP contribution in [-0.2, 0) is 9.84 Å². The van der Waals surface area contributed by atoms with Gasteiger partial charge in [0.05, 0.1) is 5.75 Å². The van der Waals surface area contributed by atoms with Crippen molar-refractivity contribution in [3.8, 4) is 0 Å². The van der Waals surface area contributed by atoms with Gasteiger partial charge in [-0.15, -0.1) is 0 Å². The Labute approximate surface area is 93.9 Å². The lowest BCUT2D eigenvalue weighted by Crippen LogP contribution is -1.97. The standard InChI is InChI=1S/C9H14O2S3/c1-3-6-12-13-7-5-9-14(10,11)8-4-2/h3-8H,9H2,1-2H3/b6-3+,7-5+,8-4+. The second-order valence-electron chi connectivity index (χ2n) is 2.33. The molecule has 0 aromatic heterocycles. The first-order valence-corrected chi connectivity index (χ1v) is 8.05. The smallest absolute Gasteiger partial charge is 0.174 e. The largest absolute Gasteiger partial charge is 0.224 e. The minimum absolute atomic E-state index is 0.0702. The van der Waals surface area contributed by atoms with E-state index in [0.29, 0.717) is 0 Å². The number of rotatable bonds is 6. The molecule has 0 aliphatic rings. The predicted molar refractivity (Wildman–Crippen MR) is 67.7 cm³/mol. The fourth-order valence-corrected chi connectivity index (χ4v) is 2.98. The van der Waals surface area contributed by atoms with Gasteiger partial charge in [0.15, 0.2) is 9.84 Å². The van der Waals surface area contributed by atoms with Gasteiger partial charge in [-0.3, -0.25) is 0 Å². The maximum absolute atomic E-state index is 11.2.